The summed E-state index contributed by atoms with van der Waals surface area (Å²) in [6.07, 6.45) is 1.70. The molecule has 1 unspecified atom stereocenters. The van der Waals surface area contributed by atoms with Gasteiger partial charge in [-0.2, -0.15) is 0 Å². The Bertz CT molecular complexity index is 937. The van der Waals surface area contributed by atoms with Crippen LogP contribution in [0.2, 0.25) is 0 Å². The molecule has 0 amide bonds. The molecule has 1 heterocycles. The standard InChI is InChI=1S/C20H19F2NO2S2/c1-11-8-18(25-13(3)26)12(2)7-14(11)19-9-23-20(27-19)24-10-15-16(21)5-4-6-17(15)22/h4-9,13,26H,10H2,1-3H3. The normalized spacial score (nSPS) is 12.1. The van der Waals surface area contributed by atoms with Crippen LogP contribution in [-0.4, -0.2) is 10.4 Å². The van der Waals surface area contributed by atoms with Gasteiger partial charge in [0.2, 0.25) is 0 Å². The summed E-state index contributed by atoms with van der Waals surface area (Å²) in [7, 11) is 0. The van der Waals surface area contributed by atoms with Gasteiger partial charge in [-0.15, -0.1) is 12.6 Å². The Kier molecular flexibility index (Phi) is 6.01. The Morgan fingerprint density at radius 1 is 1.15 bits per heavy atom. The van der Waals surface area contributed by atoms with Crippen molar-refractivity contribution in [2.45, 2.75) is 32.8 Å². The van der Waals surface area contributed by atoms with Crippen molar-refractivity contribution < 1.29 is 18.3 Å². The van der Waals surface area contributed by atoms with Gasteiger partial charge in [-0.3, -0.25) is 0 Å². The van der Waals surface area contributed by atoms with Crippen LogP contribution in [0.25, 0.3) is 10.4 Å². The third-order valence-electron chi connectivity index (χ3n) is 3.97. The molecule has 3 aromatic rings. The van der Waals surface area contributed by atoms with E-state index in [1.807, 2.05) is 32.9 Å². The molecule has 0 radical (unpaired) electrons. The first-order valence-electron chi connectivity index (χ1n) is 8.33. The van der Waals surface area contributed by atoms with Gasteiger partial charge in [0.15, 0.2) is 0 Å². The van der Waals surface area contributed by atoms with Crippen molar-refractivity contribution in [3.05, 3.63) is 64.9 Å². The number of ether oxygens (including phenoxy) is 2. The fourth-order valence-corrected chi connectivity index (χ4v) is 3.58. The molecule has 0 aliphatic heterocycles. The zero-order valence-electron chi connectivity index (χ0n) is 15.1. The minimum absolute atomic E-state index is 0.108. The van der Waals surface area contributed by atoms with Gasteiger partial charge in [0, 0.05) is 6.20 Å². The molecule has 0 saturated carbocycles. The molecule has 1 aromatic heterocycles. The van der Waals surface area contributed by atoms with Crippen LogP contribution in [0.5, 0.6) is 10.9 Å². The topological polar surface area (TPSA) is 31.4 Å². The van der Waals surface area contributed by atoms with Gasteiger partial charge in [0.1, 0.15) is 29.4 Å². The number of aromatic nitrogens is 1. The summed E-state index contributed by atoms with van der Waals surface area (Å²) < 4.78 is 38.6. The van der Waals surface area contributed by atoms with E-state index in [2.05, 4.69) is 17.6 Å². The predicted molar refractivity (Wildman–Crippen MR) is 107 cm³/mol. The maximum Gasteiger partial charge on any atom is 0.274 e. The molecule has 3 rings (SSSR count). The Hall–Kier alpha value is -2.12. The molecule has 3 nitrogen and oxygen atoms in total. The van der Waals surface area contributed by atoms with E-state index < -0.39 is 11.6 Å². The summed E-state index contributed by atoms with van der Waals surface area (Å²) in [4.78, 5) is 5.12. The van der Waals surface area contributed by atoms with Gasteiger partial charge < -0.3 is 9.47 Å². The van der Waals surface area contributed by atoms with E-state index in [9.17, 15) is 8.78 Å². The van der Waals surface area contributed by atoms with Gasteiger partial charge in [-0.25, -0.2) is 13.8 Å². The van der Waals surface area contributed by atoms with Crippen molar-refractivity contribution in [3.8, 4) is 21.4 Å². The summed E-state index contributed by atoms with van der Waals surface area (Å²) in [5.41, 5.74) is 2.72. The first-order valence-corrected chi connectivity index (χ1v) is 9.66. The highest BCUT2D eigenvalue weighted by atomic mass is 32.1. The lowest BCUT2D eigenvalue weighted by atomic mass is 10.0. The van der Waals surface area contributed by atoms with Crippen LogP contribution in [0.1, 0.15) is 23.6 Å². The fraction of sp³-hybridized carbons (Fsp3) is 0.250. The molecule has 0 saturated heterocycles. The van der Waals surface area contributed by atoms with Crippen LogP contribution in [0, 0.1) is 25.5 Å². The van der Waals surface area contributed by atoms with E-state index >= 15 is 0 Å². The van der Waals surface area contributed by atoms with E-state index in [4.69, 9.17) is 9.47 Å². The number of nitrogens with zero attached hydrogens (tertiary/aromatic N) is 1. The lowest BCUT2D eigenvalue weighted by molar-refractivity contribution is 0.291. The molecular weight excluding hydrogens is 388 g/mol. The highest BCUT2D eigenvalue weighted by Crippen LogP contribution is 2.36. The minimum atomic E-state index is -0.632. The van der Waals surface area contributed by atoms with E-state index in [-0.39, 0.29) is 17.6 Å². The highest BCUT2D eigenvalue weighted by Gasteiger charge is 2.14. The van der Waals surface area contributed by atoms with Gasteiger partial charge in [0.05, 0.1) is 10.4 Å². The molecule has 0 fully saturated rings. The molecule has 142 valence electrons. The first-order chi connectivity index (χ1) is 12.8. The third kappa shape index (κ3) is 4.59. The average Bonchev–Trinajstić information content (AvgIpc) is 3.05. The van der Waals surface area contributed by atoms with Gasteiger partial charge in [-0.05, 0) is 61.7 Å². The molecular formula is C20H19F2NO2S2. The number of hydrogen-bond acceptors (Lipinski definition) is 5. The average molecular weight is 408 g/mol. The maximum absolute atomic E-state index is 13.7. The molecule has 7 heteroatoms. The first kappa shape index (κ1) is 19.6. The Morgan fingerprint density at radius 2 is 1.85 bits per heavy atom. The molecule has 27 heavy (non-hydrogen) atoms. The molecule has 0 aliphatic rings. The van der Waals surface area contributed by atoms with Crippen LogP contribution in [0.15, 0.2) is 36.5 Å². The minimum Gasteiger partial charge on any atom is -0.480 e. The van der Waals surface area contributed by atoms with Crippen LogP contribution in [-0.2, 0) is 6.61 Å². The van der Waals surface area contributed by atoms with Gasteiger partial charge in [-0.1, -0.05) is 17.4 Å². The lowest BCUT2D eigenvalue weighted by Gasteiger charge is -2.14. The van der Waals surface area contributed by atoms with E-state index in [1.165, 1.54) is 29.5 Å². The summed E-state index contributed by atoms with van der Waals surface area (Å²) in [6, 6.07) is 7.72. The van der Waals surface area contributed by atoms with Crippen LogP contribution in [0.4, 0.5) is 8.78 Å². The van der Waals surface area contributed by atoms with Crippen LogP contribution >= 0.6 is 24.0 Å². The second-order valence-corrected chi connectivity index (χ2v) is 7.85. The van der Waals surface area contributed by atoms with Crippen LogP contribution < -0.4 is 9.47 Å². The van der Waals surface area contributed by atoms with Gasteiger partial charge >= 0.3 is 0 Å². The molecule has 0 N–H and O–H groups in total. The van der Waals surface area contributed by atoms with E-state index in [1.54, 1.807) is 6.20 Å². The zero-order valence-corrected chi connectivity index (χ0v) is 16.8. The number of thiazole rings is 1. The second kappa shape index (κ2) is 8.27. The maximum atomic E-state index is 13.7. The molecule has 1 atom stereocenters. The van der Waals surface area contributed by atoms with Gasteiger partial charge in [0.25, 0.3) is 5.19 Å². The third-order valence-corrected chi connectivity index (χ3v) is 5.02. The Morgan fingerprint density at radius 3 is 2.52 bits per heavy atom. The molecule has 0 aliphatic carbocycles. The van der Waals surface area contributed by atoms with Crippen molar-refractivity contribution >= 4 is 24.0 Å². The molecule has 0 spiro atoms. The van der Waals surface area contributed by atoms with E-state index in [0.717, 1.165) is 27.3 Å². The summed E-state index contributed by atoms with van der Waals surface area (Å²) in [5, 5.41) is 0.356. The quantitative estimate of drug-likeness (QED) is 0.405. The van der Waals surface area contributed by atoms with Crippen molar-refractivity contribution in [2.75, 3.05) is 0 Å². The monoisotopic (exact) mass is 407 g/mol. The molecule has 0 bridgehead atoms. The Balaban J connectivity index is 1.79. The number of thiol groups is 1. The lowest BCUT2D eigenvalue weighted by Crippen LogP contribution is -2.04. The van der Waals surface area contributed by atoms with Crippen molar-refractivity contribution in [1.82, 2.24) is 4.98 Å². The van der Waals surface area contributed by atoms with Crippen LogP contribution in [0.3, 0.4) is 0 Å². The highest BCUT2D eigenvalue weighted by molar-refractivity contribution is 7.80. The number of hydrogen-bond donors (Lipinski definition) is 1. The zero-order chi connectivity index (χ0) is 19.6. The number of rotatable bonds is 6. The summed E-state index contributed by atoms with van der Waals surface area (Å²) in [5.74, 6) is -0.478. The second-order valence-electron chi connectivity index (χ2n) is 6.13. The number of halogens is 2. The predicted octanol–water partition coefficient (Wildman–Crippen LogP) is 5.94. The van der Waals surface area contributed by atoms with Crippen molar-refractivity contribution in [1.29, 1.82) is 0 Å². The van der Waals surface area contributed by atoms with E-state index in [0.29, 0.717) is 5.19 Å². The largest absolute Gasteiger partial charge is 0.480 e. The summed E-state index contributed by atoms with van der Waals surface area (Å²) >= 11 is 5.58. The number of aryl methyl sites for hydroxylation is 2. The van der Waals surface area contributed by atoms with Crippen molar-refractivity contribution in [2.24, 2.45) is 0 Å². The SMILES string of the molecule is Cc1cc(-c2cnc(OCc3c(F)cccc3F)s2)c(C)cc1OC(C)S. The Labute approximate surface area is 166 Å². The summed E-state index contributed by atoms with van der Waals surface area (Å²) in [6.45, 7) is 5.60. The number of benzene rings is 2. The fourth-order valence-electron chi connectivity index (χ4n) is 2.62. The van der Waals surface area contributed by atoms with Crippen molar-refractivity contribution in [3.63, 3.8) is 0 Å². The smallest absolute Gasteiger partial charge is 0.274 e. The molecule has 2 aromatic carbocycles.